The van der Waals surface area contributed by atoms with Crippen LogP contribution in [0.15, 0.2) is 40.9 Å². The molecule has 0 atom stereocenters. The first-order valence-corrected chi connectivity index (χ1v) is 6.43. The molecule has 0 aromatic heterocycles. The molecular formula is C13H12BrClN2O. The van der Waals surface area contributed by atoms with Gasteiger partial charge < -0.3 is 15.8 Å². The van der Waals surface area contributed by atoms with Crippen molar-refractivity contribution in [3.8, 4) is 5.75 Å². The third-order valence-corrected chi connectivity index (χ3v) is 3.33. The molecule has 0 aliphatic rings. The quantitative estimate of drug-likeness (QED) is 0.819. The monoisotopic (exact) mass is 326 g/mol. The van der Waals surface area contributed by atoms with Gasteiger partial charge in [0.25, 0.3) is 0 Å². The zero-order valence-electron chi connectivity index (χ0n) is 9.71. The summed E-state index contributed by atoms with van der Waals surface area (Å²) < 4.78 is 6.14. The van der Waals surface area contributed by atoms with E-state index in [1.165, 1.54) is 0 Å². The number of nitrogens with one attached hydrogen (secondary N) is 1. The van der Waals surface area contributed by atoms with Gasteiger partial charge in [0, 0.05) is 16.8 Å². The highest BCUT2D eigenvalue weighted by atomic mass is 79.9. The van der Waals surface area contributed by atoms with Crippen LogP contribution in [0.5, 0.6) is 5.75 Å². The lowest BCUT2D eigenvalue weighted by molar-refractivity contribution is 0.412. The van der Waals surface area contributed by atoms with Crippen LogP contribution in [-0.4, -0.2) is 7.11 Å². The van der Waals surface area contributed by atoms with E-state index in [1.54, 1.807) is 19.2 Å². The molecule has 2 rings (SSSR count). The number of anilines is 3. The number of nitrogen functional groups attached to an aromatic ring is 1. The Bertz CT molecular complexity index is 575. The van der Waals surface area contributed by atoms with Gasteiger partial charge >= 0.3 is 0 Å². The zero-order valence-corrected chi connectivity index (χ0v) is 12.0. The molecule has 0 heterocycles. The highest BCUT2D eigenvalue weighted by Gasteiger charge is 2.04. The molecule has 0 radical (unpaired) electrons. The van der Waals surface area contributed by atoms with Crippen LogP contribution in [0, 0.1) is 0 Å². The van der Waals surface area contributed by atoms with Crippen molar-refractivity contribution in [3.63, 3.8) is 0 Å². The minimum absolute atomic E-state index is 0.601. The molecule has 0 amide bonds. The predicted molar refractivity (Wildman–Crippen MR) is 79.8 cm³/mol. The number of nitrogens with two attached hydrogens (primary N) is 1. The van der Waals surface area contributed by atoms with Gasteiger partial charge in [-0.15, -0.1) is 0 Å². The SMILES string of the molecule is COc1cc(Nc2ccc(Cl)cc2N)ccc1Br. The van der Waals surface area contributed by atoms with E-state index >= 15 is 0 Å². The number of hydrogen-bond donors (Lipinski definition) is 2. The highest BCUT2D eigenvalue weighted by molar-refractivity contribution is 9.10. The minimum Gasteiger partial charge on any atom is -0.495 e. The second-order valence-electron chi connectivity index (χ2n) is 3.71. The van der Waals surface area contributed by atoms with E-state index in [9.17, 15) is 0 Å². The number of halogens is 2. The Hall–Kier alpha value is -1.39. The first kappa shape index (κ1) is 13.1. The topological polar surface area (TPSA) is 47.3 Å². The fourth-order valence-corrected chi connectivity index (χ4v) is 2.13. The number of rotatable bonds is 3. The van der Waals surface area contributed by atoms with Gasteiger partial charge in [-0.3, -0.25) is 0 Å². The van der Waals surface area contributed by atoms with Gasteiger partial charge in [-0.05, 0) is 46.3 Å². The molecule has 0 fully saturated rings. The molecule has 3 N–H and O–H groups in total. The van der Waals surface area contributed by atoms with Gasteiger partial charge in [0.2, 0.25) is 0 Å². The van der Waals surface area contributed by atoms with Crippen molar-refractivity contribution in [1.82, 2.24) is 0 Å². The van der Waals surface area contributed by atoms with Crippen LogP contribution >= 0.6 is 27.5 Å². The molecule has 0 spiro atoms. The van der Waals surface area contributed by atoms with Crippen molar-refractivity contribution in [2.24, 2.45) is 0 Å². The summed E-state index contributed by atoms with van der Waals surface area (Å²) in [5, 5.41) is 3.83. The smallest absolute Gasteiger partial charge is 0.135 e. The van der Waals surface area contributed by atoms with E-state index in [2.05, 4.69) is 21.2 Å². The van der Waals surface area contributed by atoms with E-state index < -0.39 is 0 Å². The normalized spacial score (nSPS) is 10.2. The van der Waals surface area contributed by atoms with E-state index in [0.29, 0.717) is 10.7 Å². The third-order valence-electron chi connectivity index (χ3n) is 2.44. The maximum Gasteiger partial charge on any atom is 0.135 e. The van der Waals surface area contributed by atoms with Crippen molar-refractivity contribution in [3.05, 3.63) is 45.9 Å². The number of ether oxygens (including phenoxy) is 1. The van der Waals surface area contributed by atoms with Gasteiger partial charge in [-0.2, -0.15) is 0 Å². The van der Waals surface area contributed by atoms with Crippen molar-refractivity contribution in [2.75, 3.05) is 18.2 Å². The number of benzene rings is 2. The molecule has 94 valence electrons. The molecule has 18 heavy (non-hydrogen) atoms. The molecule has 3 nitrogen and oxygen atoms in total. The van der Waals surface area contributed by atoms with Crippen LogP contribution in [0.1, 0.15) is 0 Å². The molecule has 5 heteroatoms. The summed E-state index contributed by atoms with van der Waals surface area (Å²) in [6, 6.07) is 11.1. The van der Waals surface area contributed by atoms with Crippen LogP contribution in [0.25, 0.3) is 0 Å². The summed E-state index contributed by atoms with van der Waals surface area (Å²) in [6.45, 7) is 0. The summed E-state index contributed by atoms with van der Waals surface area (Å²) in [5.41, 5.74) is 8.19. The van der Waals surface area contributed by atoms with E-state index in [-0.39, 0.29) is 0 Å². The Kier molecular flexibility index (Phi) is 3.99. The van der Waals surface area contributed by atoms with Gasteiger partial charge in [-0.25, -0.2) is 0 Å². The maximum absolute atomic E-state index is 5.88. The summed E-state index contributed by atoms with van der Waals surface area (Å²) in [5.74, 6) is 0.757. The van der Waals surface area contributed by atoms with Gasteiger partial charge in [0.15, 0.2) is 0 Å². The van der Waals surface area contributed by atoms with Gasteiger partial charge in [0.05, 0.1) is 23.0 Å². The van der Waals surface area contributed by atoms with Crippen molar-refractivity contribution < 1.29 is 4.74 Å². The minimum atomic E-state index is 0.601. The molecule has 0 bridgehead atoms. The van der Waals surface area contributed by atoms with E-state index in [1.807, 2.05) is 24.3 Å². The first-order valence-electron chi connectivity index (χ1n) is 5.26. The van der Waals surface area contributed by atoms with Gasteiger partial charge in [0.1, 0.15) is 5.75 Å². The maximum atomic E-state index is 5.88. The summed E-state index contributed by atoms with van der Waals surface area (Å²) in [6.07, 6.45) is 0. The largest absolute Gasteiger partial charge is 0.495 e. The summed E-state index contributed by atoms with van der Waals surface area (Å²) in [7, 11) is 1.63. The van der Waals surface area contributed by atoms with Crippen molar-refractivity contribution in [2.45, 2.75) is 0 Å². The van der Waals surface area contributed by atoms with Crippen molar-refractivity contribution in [1.29, 1.82) is 0 Å². The molecule has 0 aliphatic carbocycles. The Morgan fingerprint density at radius 1 is 1.22 bits per heavy atom. The lowest BCUT2D eigenvalue weighted by atomic mass is 10.2. The molecule has 0 saturated heterocycles. The number of methoxy groups -OCH3 is 1. The predicted octanol–water partition coefficient (Wildman–Crippen LogP) is 4.44. The van der Waals surface area contributed by atoms with Crippen LogP contribution in [0.3, 0.4) is 0 Å². The Labute approximate surface area is 119 Å². The molecule has 0 unspecified atom stereocenters. The Morgan fingerprint density at radius 2 is 2.00 bits per heavy atom. The third kappa shape index (κ3) is 2.89. The highest BCUT2D eigenvalue weighted by Crippen LogP contribution is 2.31. The summed E-state index contributed by atoms with van der Waals surface area (Å²) in [4.78, 5) is 0. The Balaban J connectivity index is 2.28. The fourth-order valence-electron chi connectivity index (χ4n) is 1.54. The van der Waals surface area contributed by atoms with Crippen LogP contribution < -0.4 is 15.8 Å². The number of hydrogen-bond acceptors (Lipinski definition) is 3. The molecule has 2 aromatic carbocycles. The van der Waals surface area contributed by atoms with E-state index in [4.69, 9.17) is 22.1 Å². The first-order chi connectivity index (χ1) is 8.60. The second-order valence-corrected chi connectivity index (χ2v) is 5.00. The van der Waals surface area contributed by atoms with Crippen LogP contribution in [-0.2, 0) is 0 Å². The van der Waals surface area contributed by atoms with Crippen LogP contribution in [0.2, 0.25) is 5.02 Å². The lowest BCUT2D eigenvalue weighted by Crippen LogP contribution is -1.96. The van der Waals surface area contributed by atoms with E-state index in [0.717, 1.165) is 21.6 Å². The van der Waals surface area contributed by atoms with Gasteiger partial charge in [-0.1, -0.05) is 11.6 Å². The summed E-state index contributed by atoms with van der Waals surface area (Å²) >= 11 is 9.26. The standard InChI is InChI=1S/C13H12BrClN2O/c1-18-13-7-9(3-4-10(13)14)17-12-5-2-8(15)6-11(12)16/h2-7,17H,16H2,1H3. The van der Waals surface area contributed by atoms with Crippen LogP contribution in [0.4, 0.5) is 17.1 Å². The molecule has 2 aromatic rings. The molecule has 0 saturated carbocycles. The average Bonchev–Trinajstić information content (AvgIpc) is 2.35. The average molecular weight is 328 g/mol. The Morgan fingerprint density at radius 3 is 2.67 bits per heavy atom. The molecular weight excluding hydrogens is 316 g/mol. The van der Waals surface area contributed by atoms with Crippen molar-refractivity contribution >= 4 is 44.6 Å². The lowest BCUT2D eigenvalue weighted by Gasteiger charge is -2.11. The fraction of sp³-hybridized carbons (Fsp3) is 0.0769. The second kappa shape index (κ2) is 5.50. The zero-order chi connectivity index (χ0) is 13.1. The molecule has 0 aliphatic heterocycles.